The summed E-state index contributed by atoms with van der Waals surface area (Å²) in [5.74, 6) is -0.0988. The molecule has 1 heterocycles. The van der Waals surface area contributed by atoms with Crippen molar-refractivity contribution >= 4 is 15.9 Å². The van der Waals surface area contributed by atoms with E-state index in [2.05, 4.69) is 4.98 Å². The van der Waals surface area contributed by atoms with E-state index in [1.54, 1.807) is 0 Å². The van der Waals surface area contributed by atoms with Crippen molar-refractivity contribution in [1.29, 1.82) is 0 Å². The molecule has 1 aromatic heterocycles. The quantitative estimate of drug-likeness (QED) is 0.372. The van der Waals surface area contributed by atoms with E-state index in [0.717, 1.165) is 25.5 Å². The molecular weight excluding hydrogens is 420 g/mol. The number of primary amides is 1. The van der Waals surface area contributed by atoms with Crippen LogP contribution in [0.15, 0.2) is 41.4 Å². The summed E-state index contributed by atoms with van der Waals surface area (Å²) in [7, 11) is -4.38. The van der Waals surface area contributed by atoms with Crippen LogP contribution in [-0.4, -0.2) is 41.6 Å². The molecular formula is C21H28N4O5S. The normalized spacial score (nSPS) is 14.8. The Labute approximate surface area is 182 Å². The summed E-state index contributed by atoms with van der Waals surface area (Å²) in [6.45, 7) is 0.388. The van der Waals surface area contributed by atoms with Crippen LogP contribution in [0.25, 0.3) is 0 Å². The van der Waals surface area contributed by atoms with Gasteiger partial charge in [-0.25, -0.2) is 13.4 Å². The van der Waals surface area contributed by atoms with Gasteiger partial charge in [0.15, 0.2) is 0 Å². The highest BCUT2D eigenvalue weighted by Crippen LogP contribution is 2.28. The molecule has 1 amide bonds. The molecule has 3 rings (SSSR count). The van der Waals surface area contributed by atoms with Gasteiger partial charge in [-0.15, -0.1) is 0 Å². The molecule has 2 aromatic rings. The highest BCUT2D eigenvalue weighted by molar-refractivity contribution is 7.89. The number of pyridine rings is 1. The Balaban J connectivity index is 1.72. The van der Waals surface area contributed by atoms with Gasteiger partial charge < -0.3 is 16.2 Å². The molecule has 168 valence electrons. The van der Waals surface area contributed by atoms with Crippen molar-refractivity contribution in [2.75, 3.05) is 6.54 Å². The number of rotatable bonds is 10. The number of carbonyl (C=O) groups excluding carboxylic acids is 1. The maximum atomic E-state index is 12.7. The number of ether oxygens (including phenoxy) is 1. The van der Waals surface area contributed by atoms with Gasteiger partial charge in [0.1, 0.15) is 16.7 Å². The lowest BCUT2D eigenvalue weighted by Gasteiger charge is -2.22. The maximum Gasteiger partial charge on any atom is 0.267 e. The lowest BCUT2D eigenvalue weighted by atomic mass is 9.92. The van der Waals surface area contributed by atoms with E-state index >= 15 is 0 Å². The molecule has 0 saturated heterocycles. The Bertz CT molecular complexity index is 1010. The van der Waals surface area contributed by atoms with Gasteiger partial charge in [-0.3, -0.25) is 10.0 Å². The Morgan fingerprint density at radius 1 is 1.16 bits per heavy atom. The van der Waals surface area contributed by atoms with Crippen molar-refractivity contribution in [1.82, 2.24) is 9.45 Å². The summed E-state index contributed by atoms with van der Waals surface area (Å²) in [5.41, 5.74) is 13.3. The number of unbranched alkanes of at least 4 members (excludes halogenated alkanes) is 1. The van der Waals surface area contributed by atoms with E-state index in [9.17, 15) is 18.4 Å². The number of aryl methyl sites for hydroxylation is 2. The molecule has 31 heavy (non-hydrogen) atoms. The lowest BCUT2D eigenvalue weighted by Crippen LogP contribution is -2.46. The number of hydrogen-bond acceptors (Lipinski definition) is 7. The van der Waals surface area contributed by atoms with Crippen LogP contribution in [0.2, 0.25) is 0 Å². The van der Waals surface area contributed by atoms with Gasteiger partial charge in [0.25, 0.3) is 10.0 Å². The molecule has 0 radical (unpaired) electrons. The van der Waals surface area contributed by atoms with Gasteiger partial charge >= 0.3 is 0 Å². The third kappa shape index (κ3) is 5.59. The molecule has 9 nitrogen and oxygen atoms in total. The first-order valence-electron chi connectivity index (χ1n) is 10.3. The molecule has 1 aromatic carbocycles. The lowest BCUT2D eigenvalue weighted by molar-refractivity contribution is -0.131. The monoisotopic (exact) mass is 448 g/mol. The summed E-state index contributed by atoms with van der Waals surface area (Å²) in [4.78, 5) is 15.4. The third-order valence-corrected chi connectivity index (χ3v) is 6.91. The van der Waals surface area contributed by atoms with E-state index < -0.39 is 22.0 Å². The third-order valence-electron chi connectivity index (χ3n) is 5.32. The van der Waals surface area contributed by atoms with E-state index in [0.29, 0.717) is 25.1 Å². The van der Waals surface area contributed by atoms with Crippen LogP contribution in [-0.2, 0) is 27.7 Å². The standard InChI is InChI=1S/C21H28N4O5S/c22-12-4-3-7-19(21(23)26)25(27)31(28,29)18-10-11-20(24-14-18)30-17-9-8-15-5-1-2-6-16(15)13-17/h8-11,13-14,19,27H,1-7,12,22H2,(H2,23,26)/t19-/m1/s1. The van der Waals surface area contributed by atoms with E-state index in [4.69, 9.17) is 16.2 Å². The van der Waals surface area contributed by atoms with E-state index in [1.165, 1.54) is 29.7 Å². The fourth-order valence-corrected chi connectivity index (χ4v) is 4.78. The Hall–Kier alpha value is -2.53. The van der Waals surface area contributed by atoms with Crippen LogP contribution in [0.1, 0.15) is 43.2 Å². The average Bonchev–Trinajstić information content (AvgIpc) is 2.76. The predicted octanol–water partition coefficient (Wildman–Crippen LogP) is 2.12. The SMILES string of the molecule is NCCCC[C@H](C(N)=O)N(O)S(=O)(=O)c1ccc(Oc2ccc3c(c2)CCCC3)nc1. The number of nitrogens with two attached hydrogens (primary N) is 2. The van der Waals surface area contributed by atoms with Crippen molar-refractivity contribution in [3.05, 3.63) is 47.7 Å². The molecule has 0 bridgehead atoms. The molecule has 1 atom stereocenters. The largest absolute Gasteiger partial charge is 0.439 e. The first-order valence-corrected chi connectivity index (χ1v) is 11.8. The fraction of sp³-hybridized carbons (Fsp3) is 0.429. The highest BCUT2D eigenvalue weighted by atomic mass is 32.2. The van der Waals surface area contributed by atoms with Crippen LogP contribution >= 0.6 is 0 Å². The minimum Gasteiger partial charge on any atom is -0.439 e. The van der Waals surface area contributed by atoms with Crippen LogP contribution in [0.5, 0.6) is 11.6 Å². The number of fused-ring (bicyclic) bond motifs is 1. The number of carbonyl (C=O) groups is 1. The fourth-order valence-electron chi connectivity index (χ4n) is 3.59. The first-order chi connectivity index (χ1) is 14.8. The van der Waals surface area contributed by atoms with Crippen LogP contribution in [0.4, 0.5) is 0 Å². The minimum atomic E-state index is -4.38. The Morgan fingerprint density at radius 3 is 2.55 bits per heavy atom. The van der Waals surface area contributed by atoms with Crippen LogP contribution in [0.3, 0.4) is 0 Å². The van der Waals surface area contributed by atoms with Crippen molar-refractivity contribution < 1.29 is 23.2 Å². The number of hydroxylamine groups is 1. The smallest absolute Gasteiger partial charge is 0.267 e. The van der Waals surface area contributed by atoms with Crippen LogP contribution < -0.4 is 16.2 Å². The first kappa shape index (κ1) is 23.1. The maximum absolute atomic E-state index is 12.7. The summed E-state index contributed by atoms with van der Waals surface area (Å²) in [5, 5.41) is 10.2. The molecule has 0 spiro atoms. The van der Waals surface area contributed by atoms with Gasteiger partial charge in [0.2, 0.25) is 11.8 Å². The summed E-state index contributed by atoms with van der Waals surface area (Å²) in [6, 6.07) is 7.16. The molecule has 0 unspecified atom stereocenters. The Morgan fingerprint density at radius 2 is 1.90 bits per heavy atom. The Kier molecular flexibility index (Phi) is 7.60. The second-order valence-electron chi connectivity index (χ2n) is 7.55. The number of aromatic nitrogens is 1. The molecule has 5 N–H and O–H groups in total. The molecule has 0 fully saturated rings. The topological polar surface area (TPSA) is 149 Å². The molecule has 1 aliphatic carbocycles. The van der Waals surface area contributed by atoms with Gasteiger partial charge in [-0.2, -0.15) is 0 Å². The second-order valence-corrected chi connectivity index (χ2v) is 9.35. The summed E-state index contributed by atoms with van der Waals surface area (Å²) >= 11 is 0. The molecule has 1 aliphatic rings. The van der Waals surface area contributed by atoms with Crippen molar-refractivity contribution in [2.45, 2.75) is 55.9 Å². The number of nitrogens with zero attached hydrogens (tertiary/aromatic N) is 2. The zero-order chi connectivity index (χ0) is 22.4. The zero-order valence-corrected chi connectivity index (χ0v) is 18.1. The van der Waals surface area contributed by atoms with Crippen molar-refractivity contribution in [3.8, 4) is 11.6 Å². The number of amides is 1. The van der Waals surface area contributed by atoms with Gasteiger partial charge in [-0.1, -0.05) is 10.5 Å². The number of sulfonamides is 1. The number of hydrogen-bond donors (Lipinski definition) is 3. The van der Waals surface area contributed by atoms with Crippen LogP contribution in [0, 0.1) is 0 Å². The summed E-state index contributed by atoms with van der Waals surface area (Å²) in [6.07, 6.45) is 6.58. The molecule has 0 saturated carbocycles. The zero-order valence-electron chi connectivity index (χ0n) is 17.2. The molecule has 10 heteroatoms. The van der Waals surface area contributed by atoms with Crippen molar-refractivity contribution in [3.63, 3.8) is 0 Å². The average molecular weight is 449 g/mol. The van der Waals surface area contributed by atoms with E-state index in [-0.39, 0.29) is 21.7 Å². The van der Waals surface area contributed by atoms with Gasteiger partial charge in [0, 0.05) is 6.07 Å². The summed E-state index contributed by atoms with van der Waals surface area (Å²) < 4.78 is 31.2. The van der Waals surface area contributed by atoms with Gasteiger partial charge in [0.05, 0.1) is 6.20 Å². The predicted molar refractivity (Wildman–Crippen MR) is 114 cm³/mol. The van der Waals surface area contributed by atoms with Crippen molar-refractivity contribution in [2.24, 2.45) is 11.5 Å². The molecule has 0 aliphatic heterocycles. The second kappa shape index (κ2) is 10.2. The van der Waals surface area contributed by atoms with E-state index in [1.807, 2.05) is 18.2 Å². The van der Waals surface area contributed by atoms with Gasteiger partial charge in [-0.05, 0) is 80.8 Å². The minimum absolute atomic E-state index is 0.00682. The highest BCUT2D eigenvalue weighted by Gasteiger charge is 2.34. The number of benzene rings is 1.